The number of para-hydroxylation sites is 1. The number of rotatable bonds is 4. The molecule has 1 atom stereocenters. The van der Waals surface area contributed by atoms with E-state index in [9.17, 15) is 0 Å². The maximum atomic E-state index is 4.40. The molecule has 2 aromatic rings. The molecule has 1 aromatic heterocycles. The maximum Gasteiger partial charge on any atom is 0.0722 e. The van der Waals surface area contributed by atoms with Crippen LogP contribution in [0.5, 0.6) is 0 Å². The lowest BCUT2D eigenvalue weighted by Crippen LogP contribution is -2.34. The van der Waals surface area contributed by atoms with Gasteiger partial charge in [-0.2, -0.15) is 0 Å². The molecule has 0 radical (unpaired) electrons. The summed E-state index contributed by atoms with van der Waals surface area (Å²) in [7, 11) is 0. The first-order valence-corrected chi connectivity index (χ1v) is 7.20. The number of nitrogens with one attached hydrogen (secondary N) is 1. The van der Waals surface area contributed by atoms with Gasteiger partial charge in [0.2, 0.25) is 0 Å². The molecule has 0 saturated carbocycles. The van der Waals surface area contributed by atoms with E-state index in [1.54, 1.807) is 0 Å². The van der Waals surface area contributed by atoms with Crippen LogP contribution in [-0.4, -0.2) is 35.6 Å². The Morgan fingerprint density at radius 3 is 3.11 bits per heavy atom. The van der Waals surface area contributed by atoms with E-state index in [2.05, 4.69) is 46.4 Å². The molecule has 1 unspecified atom stereocenters. The van der Waals surface area contributed by atoms with Gasteiger partial charge < -0.3 is 5.32 Å². The van der Waals surface area contributed by atoms with Crippen molar-refractivity contribution in [1.29, 1.82) is 0 Å². The van der Waals surface area contributed by atoms with Crippen molar-refractivity contribution in [2.24, 2.45) is 0 Å². The zero-order valence-corrected chi connectivity index (χ0v) is 11.5. The highest BCUT2D eigenvalue weighted by Crippen LogP contribution is 2.22. The fourth-order valence-electron chi connectivity index (χ4n) is 3.02. The van der Waals surface area contributed by atoms with Crippen LogP contribution in [-0.2, 0) is 0 Å². The van der Waals surface area contributed by atoms with E-state index in [1.807, 2.05) is 12.3 Å². The highest BCUT2D eigenvalue weighted by Gasteiger charge is 2.22. The molecule has 0 bridgehead atoms. The van der Waals surface area contributed by atoms with Crippen LogP contribution >= 0.6 is 0 Å². The van der Waals surface area contributed by atoms with Crippen LogP contribution < -0.4 is 5.32 Å². The third kappa shape index (κ3) is 2.56. The number of pyridine rings is 1. The number of benzene rings is 1. The van der Waals surface area contributed by atoms with E-state index < -0.39 is 0 Å². The second-order valence-electron chi connectivity index (χ2n) is 5.18. The molecule has 100 valence electrons. The summed E-state index contributed by atoms with van der Waals surface area (Å²) in [6.45, 7) is 5.69. The van der Waals surface area contributed by atoms with Crippen molar-refractivity contribution in [3.63, 3.8) is 0 Å². The summed E-state index contributed by atoms with van der Waals surface area (Å²) in [5.74, 6) is 0. The summed E-state index contributed by atoms with van der Waals surface area (Å²) in [5.41, 5.74) is 2.26. The summed E-state index contributed by atoms with van der Waals surface area (Å²) >= 11 is 0. The van der Waals surface area contributed by atoms with Gasteiger partial charge >= 0.3 is 0 Å². The zero-order chi connectivity index (χ0) is 13.1. The Bertz CT molecular complexity index is 547. The number of likely N-dealkylation sites (N-methyl/N-ethyl adjacent to an activating group) is 1. The van der Waals surface area contributed by atoms with E-state index in [1.165, 1.54) is 30.5 Å². The second kappa shape index (κ2) is 5.57. The molecule has 1 aromatic carbocycles. The first-order valence-electron chi connectivity index (χ1n) is 7.20. The Morgan fingerprint density at radius 1 is 1.32 bits per heavy atom. The first-order chi connectivity index (χ1) is 9.38. The van der Waals surface area contributed by atoms with Crippen LogP contribution in [0.4, 0.5) is 5.69 Å². The number of aromatic nitrogens is 1. The number of hydrogen-bond acceptors (Lipinski definition) is 3. The summed E-state index contributed by atoms with van der Waals surface area (Å²) in [6, 6.07) is 11.1. The molecule has 1 aliphatic heterocycles. The zero-order valence-electron chi connectivity index (χ0n) is 11.5. The quantitative estimate of drug-likeness (QED) is 0.909. The molecule has 1 N–H and O–H groups in total. The number of nitrogens with zero attached hydrogens (tertiary/aromatic N) is 2. The normalized spacial score (nSPS) is 19.9. The van der Waals surface area contributed by atoms with Crippen molar-refractivity contribution in [2.75, 3.05) is 25.0 Å². The Morgan fingerprint density at radius 2 is 2.21 bits per heavy atom. The van der Waals surface area contributed by atoms with Crippen LogP contribution in [0, 0.1) is 0 Å². The lowest BCUT2D eigenvalue weighted by Gasteiger charge is -2.23. The summed E-state index contributed by atoms with van der Waals surface area (Å²) < 4.78 is 0. The minimum Gasteiger partial charge on any atom is -0.383 e. The number of anilines is 1. The summed E-state index contributed by atoms with van der Waals surface area (Å²) in [4.78, 5) is 6.97. The van der Waals surface area contributed by atoms with Crippen LogP contribution in [0.25, 0.3) is 10.9 Å². The average Bonchev–Trinajstić information content (AvgIpc) is 2.92. The fraction of sp³-hybridized carbons (Fsp3) is 0.438. The average molecular weight is 255 g/mol. The molecule has 1 saturated heterocycles. The smallest absolute Gasteiger partial charge is 0.0722 e. The molecule has 3 rings (SSSR count). The lowest BCUT2D eigenvalue weighted by molar-refractivity contribution is 0.277. The minimum absolute atomic E-state index is 0.678. The van der Waals surface area contributed by atoms with Gasteiger partial charge in [-0.05, 0) is 38.1 Å². The monoisotopic (exact) mass is 255 g/mol. The van der Waals surface area contributed by atoms with Crippen LogP contribution in [0.15, 0.2) is 36.5 Å². The lowest BCUT2D eigenvalue weighted by atomic mass is 10.1. The van der Waals surface area contributed by atoms with Gasteiger partial charge in [0, 0.05) is 29.9 Å². The largest absolute Gasteiger partial charge is 0.383 e. The van der Waals surface area contributed by atoms with Crippen LogP contribution in [0.3, 0.4) is 0 Å². The predicted molar refractivity (Wildman–Crippen MR) is 80.5 cm³/mol. The van der Waals surface area contributed by atoms with E-state index in [0.717, 1.165) is 18.6 Å². The summed E-state index contributed by atoms with van der Waals surface area (Å²) in [5, 5.41) is 4.83. The molecule has 2 heterocycles. The fourth-order valence-corrected chi connectivity index (χ4v) is 3.02. The van der Waals surface area contributed by atoms with Gasteiger partial charge in [0.25, 0.3) is 0 Å². The van der Waals surface area contributed by atoms with Gasteiger partial charge in [0.15, 0.2) is 0 Å². The molecule has 19 heavy (non-hydrogen) atoms. The number of hydrogen-bond donors (Lipinski definition) is 1. The SMILES string of the molecule is CCN1CCCC1CNc1ccnc2ccccc12. The molecular weight excluding hydrogens is 234 g/mol. The minimum atomic E-state index is 0.678. The van der Waals surface area contributed by atoms with E-state index >= 15 is 0 Å². The number of fused-ring (bicyclic) bond motifs is 1. The van der Waals surface area contributed by atoms with E-state index in [4.69, 9.17) is 0 Å². The van der Waals surface area contributed by atoms with Crippen molar-refractivity contribution in [2.45, 2.75) is 25.8 Å². The van der Waals surface area contributed by atoms with Crippen LogP contribution in [0.1, 0.15) is 19.8 Å². The van der Waals surface area contributed by atoms with Crippen molar-refractivity contribution in [3.8, 4) is 0 Å². The Balaban J connectivity index is 1.75. The maximum absolute atomic E-state index is 4.40. The molecule has 0 spiro atoms. The molecule has 1 aliphatic rings. The molecule has 0 aliphatic carbocycles. The van der Waals surface area contributed by atoms with Gasteiger partial charge in [-0.15, -0.1) is 0 Å². The molecule has 3 nitrogen and oxygen atoms in total. The summed E-state index contributed by atoms with van der Waals surface area (Å²) in [6.07, 6.45) is 4.53. The molecular formula is C16H21N3. The highest BCUT2D eigenvalue weighted by molar-refractivity contribution is 5.90. The van der Waals surface area contributed by atoms with Gasteiger partial charge in [-0.25, -0.2) is 0 Å². The van der Waals surface area contributed by atoms with Crippen molar-refractivity contribution >= 4 is 16.6 Å². The predicted octanol–water partition coefficient (Wildman–Crippen LogP) is 3.13. The third-order valence-electron chi connectivity index (χ3n) is 4.08. The Labute approximate surface area is 114 Å². The number of likely N-dealkylation sites (tertiary alicyclic amines) is 1. The first kappa shape index (κ1) is 12.4. The van der Waals surface area contributed by atoms with Crippen molar-refractivity contribution < 1.29 is 0 Å². The van der Waals surface area contributed by atoms with Gasteiger partial charge in [-0.1, -0.05) is 25.1 Å². The van der Waals surface area contributed by atoms with Gasteiger partial charge in [0.1, 0.15) is 0 Å². The molecule has 3 heteroatoms. The Kier molecular flexibility index (Phi) is 3.65. The second-order valence-corrected chi connectivity index (χ2v) is 5.18. The highest BCUT2D eigenvalue weighted by atomic mass is 15.2. The molecule has 1 fully saturated rings. The van der Waals surface area contributed by atoms with E-state index in [-0.39, 0.29) is 0 Å². The van der Waals surface area contributed by atoms with Gasteiger partial charge in [0.05, 0.1) is 5.52 Å². The van der Waals surface area contributed by atoms with E-state index in [0.29, 0.717) is 6.04 Å². The Hall–Kier alpha value is -1.61. The topological polar surface area (TPSA) is 28.2 Å². The third-order valence-corrected chi connectivity index (χ3v) is 4.08. The standard InChI is InChI=1S/C16H21N3/c1-2-19-11-5-6-13(19)12-18-16-9-10-17-15-8-4-3-7-14(15)16/h3-4,7-10,13H,2,5-6,11-12H2,1H3,(H,17,18). The van der Waals surface area contributed by atoms with Crippen molar-refractivity contribution in [3.05, 3.63) is 36.5 Å². The van der Waals surface area contributed by atoms with Gasteiger partial charge in [-0.3, -0.25) is 9.88 Å². The van der Waals surface area contributed by atoms with Crippen molar-refractivity contribution in [1.82, 2.24) is 9.88 Å². The van der Waals surface area contributed by atoms with Crippen LogP contribution in [0.2, 0.25) is 0 Å². The molecule has 0 amide bonds.